The molecule has 0 amide bonds. The fourth-order valence-corrected chi connectivity index (χ4v) is 3.15. The van der Waals surface area contributed by atoms with Crippen molar-refractivity contribution >= 4 is 23.2 Å². The largest absolute Gasteiger partial charge is 0.487 e. The Morgan fingerprint density at radius 1 is 1.03 bits per heavy atom. The van der Waals surface area contributed by atoms with Gasteiger partial charge in [0.05, 0.1) is 17.3 Å². The molecule has 1 N–H and O–H groups in total. The molecule has 1 atom stereocenters. The third-order valence-electron chi connectivity index (χ3n) is 4.43. The number of alkyl halides is 2. The SMILES string of the molecule is C[C@@H](Cn1cnnn1)Oc1cc(-c2cnc(Nc3ccccc3OC(F)F)nc2)ccc1Cl. The highest BCUT2D eigenvalue weighted by Crippen LogP contribution is 2.32. The average molecular weight is 474 g/mol. The van der Waals surface area contributed by atoms with Gasteiger partial charge in [-0.2, -0.15) is 8.78 Å². The summed E-state index contributed by atoms with van der Waals surface area (Å²) in [6, 6.07) is 11.6. The summed E-state index contributed by atoms with van der Waals surface area (Å²) in [5.74, 6) is 0.718. The van der Waals surface area contributed by atoms with Crippen molar-refractivity contribution in [1.29, 1.82) is 0 Å². The Balaban J connectivity index is 1.47. The maximum absolute atomic E-state index is 12.6. The normalized spacial score (nSPS) is 11.9. The van der Waals surface area contributed by atoms with Gasteiger partial charge in [-0.3, -0.25) is 0 Å². The van der Waals surface area contributed by atoms with Crippen LogP contribution in [0.4, 0.5) is 20.4 Å². The summed E-state index contributed by atoms with van der Waals surface area (Å²) >= 11 is 6.30. The number of nitrogens with zero attached hydrogens (tertiary/aromatic N) is 6. The monoisotopic (exact) mass is 473 g/mol. The molecule has 33 heavy (non-hydrogen) atoms. The first-order valence-electron chi connectivity index (χ1n) is 9.78. The van der Waals surface area contributed by atoms with Gasteiger partial charge in [-0.25, -0.2) is 14.6 Å². The van der Waals surface area contributed by atoms with Crippen LogP contribution in [0.5, 0.6) is 11.5 Å². The van der Waals surface area contributed by atoms with Crippen LogP contribution in [0, 0.1) is 0 Å². The van der Waals surface area contributed by atoms with Gasteiger partial charge in [0, 0.05) is 18.0 Å². The van der Waals surface area contributed by atoms with Gasteiger partial charge in [0.25, 0.3) is 0 Å². The minimum atomic E-state index is -2.94. The number of anilines is 2. The Morgan fingerprint density at radius 2 is 1.82 bits per heavy atom. The van der Waals surface area contributed by atoms with Crippen molar-refractivity contribution in [3.63, 3.8) is 0 Å². The molecular weight excluding hydrogens is 456 g/mol. The maximum Gasteiger partial charge on any atom is 0.387 e. The highest BCUT2D eigenvalue weighted by atomic mass is 35.5. The number of para-hydroxylation sites is 2. The highest BCUT2D eigenvalue weighted by molar-refractivity contribution is 6.32. The Labute approximate surface area is 192 Å². The molecule has 0 aliphatic rings. The van der Waals surface area contributed by atoms with E-state index in [1.54, 1.807) is 47.4 Å². The van der Waals surface area contributed by atoms with Gasteiger partial charge in [-0.1, -0.05) is 29.8 Å². The number of tetrazole rings is 1. The van der Waals surface area contributed by atoms with Crippen LogP contribution >= 0.6 is 11.6 Å². The van der Waals surface area contributed by atoms with Crippen LogP contribution in [0.3, 0.4) is 0 Å². The fourth-order valence-electron chi connectivity index (χ4n) is 2.99. The molecule has 2 heterocycles. The van der Waals surface area contributed by atoms with Gasteiger partial charge < -0.3 is 14.8 Å². The van der Waals surface area contributed by atoms with Crippen LogP contribution in [0.1, 0.15) is 6.92 Å². The molecule has 2 aromatic heterocycles. The number of hydrogen-bond acceptors (Lipinski definition) is 8. The summed E-state index contributed by atoms with van der Waals surface area (Å²) in [5.41, 5.74) is 1.83. The zero-order valence-corrected chi connectivity index (χ0v) is 18.0. The van der Waals surface area contributed by atoms with E-state index in [2.05, 4.69) is 35.5 Å². The molecular formula is C21H18ClF2N7O2. The molecule has 0 spiro atoms. The summed E-state index contributed by atoms with van der Waals surface area (Å²) in [7, 11) is 0. The lowest BCUT2D eigenvalue weighted by Gasteiger charge is -2.16. The number of ether oxygens (including phenoxy) is 2. The van der Waals surface area contributed by atoms with Gasteiger partial charge in [0.15, 0.2) is 0 Å². The van der Waals surface area contributed by atoms with Gasteiger partial charge in [-0.15, -0.1) is 5.10 Å². The van der Waals surface area contributed by atoms with Gasteiger partial charge in [0.2, 0.25) is 5.95 Å². The second-order valence-corrected chi connectivity index (χ2v) is 7.31. The van der Waals surface area contributed by atoms with Gasteiger partial charge in [0.1, 0.15) is 23.9 Å². The Bertz CT molecular complexity index is 1190. The molecule has 2 aromatic carbocycles. The number of halogens is 3. The van der Waals surface area contributed by atoms with Gasteiger partial charge >= 0.3 is 6.61 Å². The lowest BCUT2D eigenvalue weighted by atomic mass is 10.1. The third kappa shape index (κ3) is 5.89. The number of rotatable bonds is 9. The Kier molecular flexibility index (Phi) is 6.89. The molecule has 0 radical (unpaired) electrons. The average Bonchev–Trinajstić information content (AvgIpc) is 3.30. The summed E-state index contributed by atoms with van der Waals surface area (Å²) < 4.78 is 37.2. The number of aromatic nitrogens is 6. The molecule has 0 saturated carbocycles. The van der Waals surface area contributed by atoms with Crippen molar-refractivity contribution in [2.45, 2.75) is 26.2 Å². The van der Waals surface area contributed by atoms with Crippen molar-refractivity contribution < 1.29 is 18.3 Å². The van der Waals surface area contributed by atoms with E-state index in [-0.39, 0.29) is 17.8 Å². The Morgan fingerprint density at radius 3 is 2.55 bits per heavy atom. The number of hydrogen-bond donors (Lipinski definition) is 1. The van der Waals surface area contributed by atoms with E-state index in [0.717, 1.165) is 5.56 Å². The molecule has 4 rings (SSSR count). The van der Waals surface area contributed by atoms with E-state index in [1.807, 2.05) is 13.0 Å². The molecule has 0 aliphatic heterocycles. The van der Waals surface area contributed by atoms with Crippen molar-refractivity contribution in [3.05, 3.63) is 66.2 Å². The zero-order chi connectivity index (χ0) is 23.2. The molecule has 4 aromatic rings. The van der Waals surface area contributed by atoms with Crippen molar-refractivity contribution in [1.82, 2.24) is 30.2 Å². The van der Waals surface area contributed by atoms with Crippen molar-refractivity contribution in [3.8, 4) is 22.6 Å². The molecule has 0 saturated heterocycles. The number of benzene rings is 2. The molecule has 0 aliphatic carbocycles. The topological polar surface area (TPSA) is 99.9 Å². The van der Waals surface area contributed by atoms with Crippen LogP contribution < -0.4 is 14.8 Å². The lowest BCUT2D eigenvalue weighted by molar-refractivity contribution is -0.0493. The van der Waals surface area contributed by atoms with Crippen molar-refractivity contribution in [2.75, 3.05) is 5.32 Å². The maximum atomic E-state index is 12.6. The molecule has 9 nitrogen and oxygen atoms in total. The van der Waals surface area contributed by atoms with Crippen LogP contribution in [-0.4, -0.2) is 42.9 Å². The van der Waals surface area contributed by atoms with Crippen molar-refractivity contribution in [2.24, 2.45) is 0 Å². The van der Waals surface area contributed by atoms with E-state index in [1.165, 1.54) is 12.4 Å². The van der Waals surface area contributed by atoms with Crippen LogP contribution in [0.25, 0.3) is 11.1 Å². The minimum absolute atomic E-state index is 0.00420. The second-order valence-electron chi connectivity index (χ2n) is 6.90. The van der Waals surface area contributed by atoms with E-state index < -0.39 is 6.61 Å². The van der Waals surface area contributed by atoms with E-state index in [4.69, 9.17) is 16.3 Å². The second kappa shape index (κ2) is 10.2. The molecule has 0 fully saturated rings. The summed E-state index contributed by atoms with van der Waals surface area (Å²) in [6.45, 7) is -0.606. The standard InChI is InChI=1S/C21H18ClF2N7O2/c1-13(11-31-12-27-29-30-31)32-19-8-14(6-7-16(19)22)15-9-25-21(26-10-15)28-17-4-2-3-5-18(17)33-20(23)24/h2-10,12-13,20H,11H2,1H3,(H,25,26,28)/t13-/m0/s1. The fraction of sp³-hybridized carbons (Fsp3) is 0.190. The minimum Gasteiger partial charge on any atom is -0.487 e. The van der Waals surface area contributed by atoms with Crippen LogP contribution in [0.2, 0.25) is 5.02 Å². The predicted octanol–water partition coefficient (Wildman–Crippen LogP) is 4.60. The van der Waals surface area contributed by atoms with E-state index in [9.17, 15) is 8.78 Å². The smallest absolute Gasteiger partial charge is 0.387 e. The first kappa shape index (κ1) is 22.3. The molecule has 0 bridgehead atoms. The molecule has 170 valence electrons. The zero-order valence-electron chi connectivity index (χ0n) is 17.3. The Hall–Kier alpha value is -3.86. The molecule has 12 heteroatoms. The summed E-state index contributed by atoms with van der Waals surface area (Å²) in [6.07, 6.45) is 4.47. The third-order valence-corrected chi connectivity index (χ3v) is 4.74. The highest BCUT2D eigenvalue weighted by Gasteiger charge is 2.13. The van der Waals surface area contributed by atoms with Crippen LogP contribution in [-0.2, 0) is 6.54 Å². The predicted molar refractivity (Wildman–Crippen MR) is 117 cm³/mol. The lowest BCUT2D eigenvalue weighted by Crippen LogP contribution is -2.20. The molecule has 0 unspecified atom stereocenters. The quantitative estimate of drug-likeness (QED) is 0.376. The summed E-state index contributed by atoms with van der Waals surface area (Å²) in [4.78, 5) is 8.54. The number of nitrogens with one attached hydrogen (secondary N) is 1. The first-order valence-corrected chi connectivity index (χ1v) is 10.2. The summed E-state index contributed by atoms with van der Waals surface area (Å²) in [5, 5.41) is 14.3. The van der Waals surface area contributed by atoms with E-state index >= 15 is 0 Å². The first-order chi connectivity index (χ1) is 16.0. The van der Waals surface area contributed by atoms with Crippen LogP contribution in [0.15, 0.2) is 61.2 Å². The van der Waals surface area contributed by atoms with Gasteiger partial charge in [-0.05, 0) is 47.2 Å². The van der Waals surface area contributed by atoms with E-state index in [0.29, 0.717) is 28.6 Å².